The number of nitrogens with zero attached hydrogens (tertiary/aromatic N) is 1. The number of aromatic carboxylic acids is 1. The lowest BCUT2D eigenvalue weighted by molar-refractivity contribution is 0.0609. The van der Waals surface area contributed by atoms with Gasteiger partial charge in [0.2, 0.25) is 0 Å². The van der Waals surface area contributed by atoms with E-state index >= 15 is 0 Å². The van der Waals surface area contributed by atoms with Crippen LogP contribution < -0.4 is 0 Å². The Morgan fingerprint density at radius 1 is 1.47 bits per heavy atom. The monoisotopic (exact) mass is 235 g/mol. The number of carbonyl (C=O) groups excluding carboxylic acids is 1. The zero-order chi connectivity index (χ0) is 12.6. The third-order valence-electron chi connectivity index (χ3n) is 2.89. The van der Waals surface area contributed by atoms with E-state index in [-0.39, 0.29) is 5.56 Å². The van der Waals surface area contributed by atoms with Gasteiger partial charge in [0, 0.05) is 12.6 Å². The quantitative estimate of drug-likeness (QED) is 0.846. The predicted molar refractivity (Wildman–Crippen MR) is 59.9 cm³/mol. The molecular formula is C12H13NO4. The van der Waals surface area contributed by atoms with Gasteiger partial charge in [0.15, 0.2) is 5.60 Å². The zero-order valence-corrected chi connectivity index (χ0v) is 9.64. The van der Waals surface area contributed by atoms with Crippen molar-refractivity contribution < 1.29 is 19.4 Å². The number of carboxylic acids is 1. The molecule has 2 rings (SSSR count). The summed E-state index contributed by atoms with van der Waals surface area (Å²) < 4.78 is 5.26. The lowest BCUT2D eigenvalue weighted by Gasteiger charge is -2.23. The number of benzene rings is 1. The maximum absolute atomic E-state index is 11.4. The standard InChI is InChI=1S/C12H13NO4/c1-12(7-13(2)11(16)17-12)9-6-4-3-5-8(9)10(14)15/h3-6H,7H2,1-2H3,(H,14,15). The van der Waals surface area contributed by atoms with Crippen molar-refractivity contribution in [2.75, 3.05) is 13.6 Å². The number of amides is 1. The number of hydrogen-bond donors (Lipinski definition) is 1. The summed E-state index contributed by atoms with van der Waals surface area (Å²) >= 11 is 0. The molecule has 1 aromatic rings. The Labute approximate surface area is 98.6 Å². The van der Waals surface area contributed by atoms with Crippen LogP contribution in [0.1, 0.15) is 22.8 Å². The molecule has 0 saturated carbocycles. The zero-order valence-electron chi connectivity index (χ0n) is 9.64. The van der Waals surface area contributed by atoms with Gasteiger partial charge >= 0.3 is 12.1 Å². The average Bonchev–Trinajstić information content (AvgIpc) is 2.54. The number of hydrogen-bond acceptors (Lipinski definition) is 3. The Kier molecular flexibility index (Phi) is 2.53. The van der Waals surface area contributed by atoms with Crippen molar-refractivity contribution in [3.8, 4) is 0 Å². The Morgan fingerprint density at radius 2 is 2.12 bits per heavy atom. The highest BCUT2D eigenvalue weighted by atomic mass is 16.6. The summed E-state index contributed by atoms with van der Waals surface area (Å²) in [6.07, 6.45) is -0.437. The minimum atomic E-state index is -1.02. The molecule has 1 saturated heterocycles. The van der Waals surface area contributed by atoms with Crippen LogP contribution in [0.2, 0.25) is 0 Å². The highest BCUT2D eigenvalue weighted by Gasteiger charge is 2.42. The third-order valence-corrected chi connectivity index (χ3v) is 2.89. The first-order valence-electron chi connectivity index (χ1n) is 5.21. The van der Waals surface area contributed by atoms with Gasteiger partial charge in [-0.3, -0.25) is 0 Å². The largest absolute Gasteiger partial charge is 0.478 e. The minimum Gasteiger partial charge on any atom is -0.478 e. The molecule has 1 fully saturated rings. The first-order chi connectivity index (χ1) is 7.94. The Balaban J connectivity index is 2.47. The highest BCUT2D eigenvalue weighted by molar-refractivity contribution is 5.90. The van der Waals surface area contributed by atoms with Gasteiger partial charge in [-0.15, -0.1) is 0 Å². The van der Waals surface area contributed by atoms with Crippen LogP contribution in [0.3, 0.4) is 0 Å². The summed E-state index contributed by atoms with van der Waals surface area (Å²) in [7, 11) is 1.62. The van der Waals surface area contributed by atoms with E-state index in [1.807, 2.05) is 0 Å². The van der Waals surface area contributed by atoms with E-state index in [9.17, 15) is 9.59 Å². The van der Waals surface area contributed by atoms with Gasteiger partial charge in [0.05, 0.1) is 12.1 Å². The maximum Gasteiger partial charge on any atom is 0.410 e. The van der Waals surface area contributed by atoms with E-state index in [0.717, 1.165) is 0 Å². The van der Waals surface area contributed by atoms with Crippen molar-refractivity contribution in [1.82, 2.24) is 4.90 Å². The van der Waals surface area contributed by atoms with Gasteiger partial charge < -0.3 is 14.7 Å². The van der Waals surface area contributed by atoms with Crippen LogP contribution in [-0.2, 0) is 10.3 Å². The van der Waals surface area contributed by atoms with E-state index in [2.05, 4.69) is 0 Å². The highest BCUT2D eigenvalue weighted by Crippen LogP contribution is 2.34. The van der Waals surface area contributed by atoms with Crippen molar-refractivity contribution in [2.45, 2.75) is 12.5 Å². The topological polar surface area (TPSA) is 66.8 Å². The van der Waals surface area contributed by atoms with E-state index in [1.54, 1.807) is 32.2 Å². The molecule has 1 atom stereocenters. The molecule has 1 N–H and O–H groups in total. The smallest absolute Gasteiger partial charge is 0.410 e. The molecule has 90 valence electrons. The molecule has 0 spiro atoms. The molecule has 1 amide bonds. The molecular weight excluding hydrogens is 222 g/mol. The molecule has 0 aromatic heterocycles. The second kappa shape index (κ2) is 3.76. The molecule has 1 heterocycles. The average molecular weight is 235 g/mol. The van der Waals surface area contributed by atoms with Gasteiger partial charge in [0.1, 0.15) is 0 Å². The molecule has 1 unspecified atom stereocenters. The van der Waals surface area contributed by atoms with Gasteiger partial charge in [-0.25, -0.2) is 9.59 Å². The lowest BCUT2D eigenvalue weighted by Crippen LogP contribution is -2.29. The molecule has 5 nitrogen and oxygen atoms in total. The van der Waals surface area contributed by atoms with Crippen LogP contribution in [0, 0.1) is 0 Å². The molecule has 5 heteroatoms. The van der Waals surface area contributed by atoms with E-state index in [0.29, 0.717) is 12.1 Å². The molecule has 1 aliphatic heterocycles. The Morgan fingerprint density at radius 3 is 2.65 bits per heavy atom. The van der Waals surface area contributed by atoms with Crippen LogP contribution in [0.4, 0.5) is 4.79 Å². The van der Waals surface area contributed by atoms with Crippen LogP contribution in [-0.4, -0.2) is 35.7 Å². The van der Waals surface area contributed by atoms with Gasteiger partial charge in [-0.1, -0.05) is 18.2 Å². The SMILES string of the molecule is CN1CC(C)(c2ccccc2C(=O)O)OC1=O. The minimum absolute atomic E-state index is 0.165. The van der Waals surface area contributed by atoms with Crippen LogP contribution in [0.5, 0.6) is 0 Å². The second-order valence-electron chi connectivity index (χ2n) is 4.31. The lowest BCUT2D eigenvalue weighted by atomic mass is 9.91. The number of rotatable bonds is 2. The number of cyclic esters (lactones) is 1. The van der Waals surface area contributed by atoms with Gasteiger partial charge in [-0.2, -0.15) is 0 Å². The second-order valence-corrected chi connectivity index (χ2v) is 4.31. The number of likely N-dealkylation sites (N-methyl/N-ethyl adjacent to an activating group) is 1. The number of carbonyl (C=O) groups is 2. The van der Waals surface area contributed by atoms with E-state index < -0.39 is 17.7 Å². The fraction of sp³-hybridized carbons (Fsp3) is 0.333. The Hall–Kier alpha value is -2.04. The van der Waals surface area contributed by atoms with E-state index in [1.165, 1.54) is 11.0 Å². The predicted octanol–water partition coefficient (Wildman–Crippen LogP) is 1.68. The molecule has 0 aliphatic carbocycles. The van der Waals surface area contributed by atoms with Crippen molar-refractivity contribution in [1.29, 1.82) is 0 Å². The molecule has 1 aromatic carbocycles. The van der Waals surface area contributed by atoms with Gasteiger partial charge in [0.25, 0.3) is 0 Å². The van der Waals surface area contributed by atoms with Crippen molar-refractivity contribution in [2.24, 2.45) is 0 Å². The maximum atomic E-state index is 11.4. The van der Waals surface area contributed by atoms with Gasteiger partial charge in [-0.05, 0) is 13.0 Å². The fourth-order valence-electron chi connectivity index (χ4n) is 2.09. The molecule has 0 bridgehead atoms. The number of carboxylic acid groups (broad SMARTS) is 1. The fourth-order valence-corrected chi connectivity index (χ4v) is 2.09. The Bertz CT molecular complexity index is 485. The van der Waals surface area contributed by atoms with Crippen LogP contribution >= 0.6 is 0 Å². The van der Waals surface area contributed by atoms with Crippen LogP contribution in [0.15, 0.2) is 24.3 Å². The van der Waals surface area contributed by atoms with Crippen molar-refractivity contribution in [3.63, 3.8) is 0 Å². The molecule has 1 aliphatic rings. The summed E-state index contributed by atoms with van der Waals surface area (Å²) in [6.45, 7) is 2.06. The summed E-state index contributed by atoms with van der Waals surface area (Å²) in [5.74, 6) is -1.02. The summed E-state index contributed by atoms with van der Waals surface area (Å²) in [5, 5.41) is 9.12. The normalized spacial score (nSPS) is 23.6. The first kappa shape index (κ1) is 11.4. The van der Waals surface area contributed by atoms with E-state index in [4.69, 9.17) is 9.84 Å². The molecule has 0 radical (unpaired) electrons. The summed E-state index contributed by atoms with van der Waals surface area (Å²) in [4.78, 5) is 24.0. The first-order valence-corrected chi connectivity index (χ1v) is 5.21. The summed E-state index contributed by atoms with van der Waals surface area (Å²) in [6, 6.07) is 6.57. The van der Waals surface area contributed by atoms with Crippen molar-refractivity contribution >= 4 is 12.1 Å². The summed E-state index contributed by atoms with van der Waals surface area (Å²) in [5.41, 5.74) is -0.218. The number of ether oxygens (including phenoxy) is 1. The van der Waals surface area contributed by atoms with Crippen molar-refractivity contribution in [3.05, 3.63) is 35.4 Å². The molecule has 17 heavy (non-hydrogen) atoms. The third kappa shape index (κ3) is 1.84. The van der Waals surface area contributed by atoms with Crippen LogP contribution in [0.25, 0.3) is 0 Å².